The summed E-state index contributed by atoms with van der Waals surface area (Å²) >= 11 is 0. The van der Waals surface area contributed by atoms with Crippen LogP contribution in [-0.4, -0.2) is 16.8 Å². The van der Waals surface area contributed by atoms with Crippen LogP contribution in [0.4, 0.5) is 8.78 Å². The molecule has 1 rings (SSSR count). The molecule has 1 atom stereocenters. The molecule has 72 valence electrons. The van der Waals surface area contributed by atoms with E-state index in [0.717, 1.165) is 12.1 Å². The predicted octanol–water partition coefficient (Wildman–Crippen LogP) is 1.77. The van der Waals surface area contributed by atoms with Crippen LogP contribution >= 0.6 is 0 Å². The van der Waals surface area contributed by atoms with Crippen molar-refractivity contribution in [3.63, 3.8) is 0 Å². The minimum atomic E-state index is -1.00. The average molecular weight is 188 g/mol. The number of halogens is 2. The SMILES string of the molecule is CC(CO)c1cc(F)c(O)c(F)c1. The molecule has 1 unspecified atom stereocenters. The smallest absolute Gasteiger partial charge is 0.187 e. The van der Waals surface area contributed by atoms with Crippen molar-refractivity contribution in [3.05, 3.63) is 29.3 Å². The normalized spacial score (nSPS) is 12.9. The summed E-state index contributed by atoms with van der Waals surface area (Å²) in [4.78, 5) is 0. The third-order valence-electron chi connectivity index (χ3n) is 1.88. The highest BCUT2D eigenvalue weighted by atomic mass is 19.1. The van der Waals surface area contributed by atoms with Crippen molar-refractivity contribution >= 4 is 0 Å². The van der Waals surface area contributed by atoms with Gasteiger partial charge in [-0.3, -0.25) is 0 Å². The molecule has 0 saturated heterocycles. The van der Waals surface area contributed by atoms with Crippen molar-refractivity contribution in [1.29, 1.82) is 0 Å². The molecule has 2 N–H and O–H groups in total. The Morgan fingerprint density at radius 2 is 1.77 bits per heavy atom. The zero-order valence-corrected chi connectivity index (χ0v) is 7.09. The van der Waals surface area contributed by atoms with E-state index in [-0.39, 0.29) is 12.5 Å². The van der Waals surface area contributed by atoms with Crippen LogP contribution in [0.15, 0.2) is 12.1 Å². The molecule has 0 aromatic heterocycles. The van der Waals surface area contributed by atoms with Gasteiger partial charge in [-0.15, -0.1) is 0 Å². The van der Waals surface area contributed by atoms with Gasteiger partial charge in [-0.2, -0.15) is 0 Å². The first-order valence-electron chi connectivity index (χ1n) is 3.85. The Bertz CT molecular complexity index is 289. The topological polar surface area (TPSA) is 40.5 Å². The van der Waals surface area contributed by atoms with Gasteiger partial charge in [-0.05, 0) is 17.7 Å². The lowest BCUT2D eigenvalue weighted by atomic mass is 10.0. The quantitative estimate of drug-likeness (QED) is 0.742. The maximum absolute atomic E-state index is 12.8. The third-order valence-corrected chi connectivity index (χ3v) is 1.88. The fourth-order valence-corrected chi connectivity index (χ4v) is 0.975. The van der Waals surface area contributed by atoms with Crippen molar-refractivity contribution in [2.24, 2.45) is 0 Å². The fourth-order valence-electron chi connectivity index (χ4n) is 0.975. The molecule has 13 heavy (non-hydrogen) atoms. The van der Waals surface area contributed by atoms with Crippen LogP contribution in [-0.2, 0) is 0 Å². The first kappa shape index (κ1) is 9.92. The van der Waals surface area contributed by atoms with Gasteiger partial charge in [-0.1, -0.05) is 6.92 Å². The summed E-state index contributed by atoms with van der Waals surface area (Å²) in [6.07, 6.45) is 0. The van der Waals surface area contributed by atoms with Gasteiger partial charge >= 0.3 is 0 Å². The molecule has 0 aliphatic rings. The zero-order chi connectivity index (χ0) is 10.0. The molecule has 0 heterocycles. The lowest BCUT2D eigenvalue weighted by molar-refractivity contribution is 0.272. The number of phenolic OH excluding ortho intramolecular Hbond substituents is 1. The average Bonchev–Trinajstić information content (AvgIpc) is 2.12. The molecular weight excluding hydrogens is 178 g/mol. The lowest BCUT2D eigenvalue weighted by Crippen LogP contribution is -2.00. The summed E-state index contributed by atoms with van der Waals surface area (Å²) in [6, 6.07) is 2.03. The Labute approximate surface area is 74.4 Å². The number of rotatable bonds is 2. The van der Waals surface area contributed by atoms with Gasteiger partial charge in [-0.25, -0.2) is 8.78 Å². The summed E-state index contributed by atoms with van der Waals surface area (Å²) in [5.74, 6) is -3.33. The van der Waals surface area contributed by atoms with E-state index in [9.17, 15) is 8.78 Å². The van der Waals surface area contributed by atoms with E-state index in [2.05, 4.69) is 0 Å². The summed E-state index contributed by atoms with van der Waals surface area (Å²) < 4.78 is 25.5. The van der Waals surface area contributed by atoms with Crippen molar-refractivity contribution in [2.45, 2.75) is 12.8 Å². The van der Waals surface area contributed by atoms with Crippen LogP contribution in [0.5, 0.6) is 5.75 Å². The summed E-state index contributed by atoms with van der Waals surface area (Å²) in [5.41, 5.74) is 0.329. The molecule has 0 radical (unpaired) electrons. The van der Waals surface area contributed by atoms with Gasteiger partial charge in [0.05, 0.1) is 0 Å². The van der Waals surface area contributed by atoms with Crippen LogP contribution in [0.2, 0.25) is 0 Å². The Morgan fingerprint density at radius 3 is 2.15 bits per heavy atom. The van der Waals surface area contributed by atoms with Gasteiger partial charge < -0.3 is 10.2 Å². The third kappa shape index (κ3) is 1.95. The van der Waals surface area contributed by atoms with E-state index in [1.807, 2.05) is 0 Å². The molecule has 4 heteroatoms. The fraction of sp³-hybridized carbons (Fsp3) is 0.333. The molecule has 0 aliphatic carbocycles. The summed E-state index contributed by atoms with van der Waals surface area (Å²) in [6.45, 7) is 1.44. The molecule has 0 amide bonds. The number of aliphatic hydroxyl groups excluding tert-OH is 1. The van der Waals surface area contributed by atoms with Crippen molar-refractivity contribution < 1.29 is 19.0 Å². The minimum absolute atomic E-state index is 0.191. The molecule has 0 fully saturated rings. The molecular formula is C9H10F2O2. The van der Waals surface area contributed by atoms with Gasteiger partial charge in [0.1, 0.15) is 0 Å². The van der Waals surface area contributed by atoms with E-state index >= 15 is 0 Å². The zero-order valence-electron chi connectivity index (χ0n) is 7.09. The molecule has 0 aliphatic heterocycles. The largest absolute Gasteiger partial charge is 0.503 e. The van der Waals surface area contributed by atoms with E-state index in [1.54, 1.807) is 6.92 Å². The van der Waals surface area contributed by atoms with E-state index in [4.69, 9.17) is 10.2 Å². The highest BCUT2D eigenvalue weighted by molar-refractivity contribution is 5.31. The second-order valence-corrected chi connectivity index (χ2v) is 2.92. The van der Waals surface area contributed by atoms with Gasteiger partial charge in [0.2, 0.25) is 0 Å². The Balaban J connectivity index is 3.13. The predicted molar refractivity (Wildman–Crippen MR) is 43.5 cm³/mol. The first-order valence-corrected chi connectivity index (χ1v) is 3.85. The van der Waals surface area contributed by atoms with Crippen LogP contribution < -0.4 is 0 Å². The monoisotopic (exact) mass is 188 g/mol. The van der Waals surface area contributed by atoms with Gasteiger partial charge in [0.15, 0.2) is 17.4 Å². The maximum atomic E-state index is 12.8. The van der Waals surface area contributed by atoms with Gasteiger partial charge in [0, 0.05) is 12.5 Å². The molecule has 0 saturated carbocycles. The van der Waals surface area contributed by atoms with Crippen molar-refractivity contribution in [2.75, 3.05) is 6.61 Å². The second kappa shape index (κ2) is 3.70. The number of benzene rings is 1. The Hall–Kier alpha value is -1.16. The highest BCUT2D eigenvalue weighted by Crippen LogP contribution is 2.25. The number of aliphatic hydroxyl groups is 1. The van der Waals surface area contributed by atoms with Crippen LogP contribution in [0.1, 0.15) is 18.4 Å². The van der Waals surface area contributed by atoms with E-state index in [0.29, 0.717) is 5.56 Å². The maximum Gasteiger partial charge on any atom is 0.187 e. The molecule has 0 bridgehead atoms. The van der Waals surface area contributed by atoms with Crippen LogP contribution in [0.25, 0.3) is 0 Å². The number of phenols is 1. The molecule has 2 nitrogen and oxygen atoms in total. The number of aromatic hydroxyl groups is 1. The van der Waals surface area contributed by atoms with E-state index in [1.165, 1.54) is 0 Å². The molecule has 0 spiro atoms. The van der Waals surface area contributed by atoms with Crippen LogP contribution in [0.3, 0.4) is 0 Å². The lowest BCUT2D eigenvalue weighted by Gasteiger charge is -2.09. The van der Waals surface area contributed by atoms with Crippen LogP contribution in [0, 0.1) is 11.6 Å². The van der Waals surface area contributed by atoms with Crippen molar-refractivity contribution in [3.8, 4) is 5.75 Å². The standard InChI is InChI=1S/C9H10F2O2/c1-5(4-12)6-2-7(10)9(13)8(11)3-6/h2-3,5,12-13H,4H2,1H3. The Kier molecular flexibility index (Phi) is 2.83. The van der Waals surface area contributed by atoms with Crippen molar-refractivity contribution in [1.82, 2.24) is 0 Å². The first-order chi connectivity index (χ1) is 6.06. The number of hydrogen-bond donors (Lipinski definition) is 2. The minimum Gasteiger partial charge on any atom is -0.503 e. The summed E-state index contributed by atoms with van der Waals surface area (Å²) in [7, 11) is 0. The molecule has 1 aromatic carbocycles. The number of hydrogen-bond acceptors (Lipinski definition) is 2. The second-order valence-electron chi connectivity index (χ2n) is 2.92. The molecule has 1 aromatic rings. The summed E-state index contributed by atoms with van der Waals surface area (Å²) in [5, 5.41) is 17.5. The van der Waals surface area contributed by atoms with E-state index < -0.39 is 17.4 Å². The highest BCUT2D eigenvalue weighted by Gasteiger charge is 2.12. The van der Waals surface area contributed by atoms with Gasteiger partial charge in [0.25, 0.3) is 0 Å². The Morgan fingerprint density at radius 1 is 1.31 bits per heavy atom.